The Hall–Kier alpha value is -3.27. The molecular weight excluding hydrogens is 489 g/mol. The van der Waals surface area contributed by atoms with Gasteiger partial charge in [0.1, 0.15) is 18.2 Å². The Morgan fingerprint density at radius 2 is 1.92 bits per heavy atom. The van der Waals surface area contributed by atoms with E-state index in [-0.39, 0.29) is 44.2 Å². The second kappa shape index (κ2) is 13.7. The fraction of sp³-hybridized carbons (Fsp3) is 0.346. The molecule has 0 bridgehead atoms. The number of carbonyl (C=O) groups excluding carboxylic acids is 2. The number of ether oxygens (including phenoxy) is 1. The molecule has 0 aliphatic heterocycles. The van der Waals surface area contributed by atoms with Crippen molar-refractivity contribution >= 4 is 40.2 Å². The van der Waals surface area contributed by atoms with Crippen LogP contribution in [0.15, 0.2) is 54.7 Å². The topological polar surface area (TPSA) is 112 Å². The van der Waals surface area contributed by atoms with E-state index in [1.54, 1.807) is 18.3 Å². The number of aryl methyl sites for hydroxylation is 1. The molecular formula is C26H31ClFN3O5. The van der Waals surface area contributed by atoms with Crippen LogP contribution in [-0.2, 0) is 16.0 Å². The Morgan fingerprint density at radius 3 is 2.64 bits per heavy atom. The van der Waals surface area contributed by atoms with Gasteiger partial charge in [0.15, 0.2) is 0 Å². The Bertz CT molecular complexity index is 1180. The lowest BCUT2D eigenvalue weighted by Crippen LogP contribution is -2.43. The van der Waals surface area contributed by atoms with Gasteiger partial charge in [-0.05, 0) is 35.9 Å². The van der Waals surface area contributed by atoms with Crippen molar-refractivity contribution in [2.75, 3.05) is 25.6 Å². The molecule has 36 heavy (non-hydrogen) atoms. The summed E-state index contributed by atoms with van der Waals surface area (Å²) in [5.74, 6) is -0.577. The number of amides is 2. The molecule has 0 saturated heterocycles. The maximum atomic E-state index is 13.6. The fourth-order valence-corrected chi connectivity index (χ4v) is 3.77. The third-order valence-electron chi connectivity index (χ3n) is 5.60. The summed E-state index contributed by atoms with van der Waals surface area (Å²) in [5.41, 5.74) is 0.499. The Balaban J connectivity index is 0.00000456. The monoisotopic (exact) mass is 519 g/mol. The molecule has 3 N–H and O–H groups in total. The number of aliphatic hydroxyl groups is 2. The van der Waals surface area contributed by atoms with Crippen LogP contribution in [0.2, 0.25) is 5.02 Å². The van der Waals surface area contributed by atoms with E-state index in [1.165, 1.54) is 24.1 Å². The smallest absolute Gasteiger partial charge is 0.412 e. The first-order valence-electron chi connectivity index (χ1n) is 11.0. The van der Waals surface area contributed by atoms with Gasteiger partial charge in [-0.3, -0.25) is 10.1 Å². The molecule has 2 amide bonds. The van der Waals surface area contributed by atoms with E-state index in [4.69, 9.17) is 16.3 Å². The highest BCUT2D eigenvalue weighted by Gasteiger charge is 2.24. The van der Waals surface area contributed by atoms with Gasteiger partial charge >= 0.3 is 6.09 Å². The molecule has 0 aliphatic carbocycles. The number of aromatic nitrogens is 1. The van der Waals surface area contributed by atoms with Crippen LogP contribution in [0, 0.1) is 5.82 Å². The van der Waals surface area contributed by atoms with Gasteiger partial charge in [-0.25, -0.2) is 14.2 Å². The third kappa shape index (κ3) is 7.87. The lowest BCUT2D eigenvalue weighted by atomic mass is 10.1. The van der Waals surface area contributed by atoms with Gasteiger partial charge in [0.2, 0.25) is 5.91 Å². The molecule has 0 fully saturated rings. The number of carbonyl (C=O) groups is 2. The van der Waals surface area contributed by atoms with Crippen LogP contribution in [0.5, 0.6) is 0 Å². The number of hydrogen-bond donors (Lipinski definition) is 3. The van der Waals surface area contributed by atoms with Gasteiger partial charge < -0.3 is 19.8 Å². The molecule has 1 aromatic heterocycles. The number of likely N-dealkylation sites (N-methyl/N-ethyl adjacent to an activating group) is 1. The Kier molecular flexibility index (Phi) is 11.0. The predicted molar refractivity (Wildman–Crippen MR) is 137 cm³/mol. The Morgan fingerprint density at radius 1 is 1.19 bits per heavy atom. The van der Waals surface area contributed by atoms with Crippen molar-refractivity contribution in [1.29, 1.82) is 0 Å². The molecule has 3 rings (SSSR count). The first-order chi connectivity index (χ1) is 16.8. The van der Waals surface area contributed by atoms with Crippen molar-refractivity contribution in [3.63, 3.8) is 0 Å². The molecule has 0 unspecified atom stereocenters. The molecule has 8 nitrogen and oxygen atoms in total. The average Bonchev–Trinajstić information content (AvgIpc) is 2.86. The minimum atomic E-state index is -1.11. The number of halogens is 2. The number of hydrogen-bond acceptors (Lipinski definition) is 6. The highest BCUT2D eigenvalue weighted by atomic mass is 35.5. The SMILES string of the molecule is C.CN(C(=O)CCc1cccc(F)c1Cl)[C@@H](COC(=O)Nc1cc2ccccc2cn1)C[C@@H](O)CO. The van der Waals surface area contributed by atoms with E-state index in [1.807, 2.05) is 24.3 Å². The van der Waals surface area contributed by atoms with Crippen molar-refractivity contribution in [2.45, 2.75) is 38.8 Å². The molecule has 0 saturated carbocycles. The van der Waals surface area contributed by atoms with Gasteiger partial charge in [-0.2, -0.15) is 0 Å². The van der Waals surface area contributed by atoms with Crippen LogP contribution in [0.1, 0.15) is 25.8 Å². The largest absolute Gasteiger partial charge is 0.447 e. The zero-order chi connectivity index (χ0) is 25.4. The number of pyridine rings is 1. The number of nitrogens with one attached hydrogen (secondary N) is 1. The van der Waals surface area contributed by atoms with E-state index in [9.17, 15) is 24.2 Å². The maximum absolute atomic E-state index is 13.6. The van der Waals surface area contributed by atoms with Crippen LogP contribution in [0.3, 0.4) is 0 Å². The Labute approximate surface area is 214 Å². The van der Waals surface area contributed by atoms with E-state index >= 15 is 0 Å². The number of rotatable bonds is 10. The third-order valence-corrected chi connectivity index (χ3v) is 6.03. The average molecular weight is 520 g/mol. The molecule has 0 aliphatic rings. The van der Waals surface area contributed by atoms with Crippen LogP contribution in [0.4, 0.5) is 15.0 Å². The minimum Gasteiger partial charge on any atom is -0.447 e. The lowest BCUT2D eigenvalue weighted by Gasteiger charge is -2.29. The van der Waals surface area contributed by atoms with E-state index in [0.717, 1.165) is 10.8 Å². The van der Waals surface area contributed by atoms with Gasteiger partial charge in [0.05, 0.1) is 23.8 Å². The standard InChI is InChI=1S/C25H27ClFN3O5.CH4/c1-30(23(33)10-9-16-7-4-8-21(27)24(16)26)19(12-20(32)14-31)15-35-25(34)29-22-11-17-5-2-3-6-18(17)13-28-22;/h2-8,11,13,19-20,31-32H,9-10,12,14-15H2,1H3,(H,28,29,34);1H4/t19-,20-;/m1./s1. The first kappa shape index (κ1) is 29.0. The normalized spacial score (nSPS) is 12.4. The number of aliphatic hydroxyl groups excluding tert-OH is 2. The van der Waals surface area contributed by atoms with Gasteiger partial charge in [0, 0.05) is 25.1 Å². The number of fused-ring (bicyclic) bond motifs is 1. The zero-order valence-corrected chi connectivity index (χ0v) is 19.9. The minimum absolute atomic E-state index is 0. The first-order valence-corrected chi connectivity index (χ1v) is 11.4. The number of benzene rings is 2. The van der Waals surface area contributed by atoms with Crippen LogP contribution < -0.4 is 5.32 Å². The van der Waals surface area contributed by atoms with E-state index in [0.29, 0.717) is 11.4 Å². The molecule has 3 aromatic rings. The second-order valence-corrected chi connectivity index (χ2v) is 8.46. The number of anilines is 1. The van der Waals surface area contributed by atoms with Crippen molar-refractivity contribution in [3.05, 3.63) is 71.1 Å². The summed E-state index contributed by atoms with van der Waals surface area (Å²) < 4.78 is 18.9. The van der Waals surface area contributed by atoms with Crippen LogP contribution >= 0.6 is 11.6 Å². The summed E-state index contributed by atoms with van der Waals surface area (Å²) in [7, 11) is 1.51. The lowest BCUT2D eigenvalue weighted by molar-refractivity contribution is -0.133. The van der Waals surface area contributed by atoms with Gasteiger partial charge in [-0.15, -0.1) is 0 Å². The molecule has 2 atom stereocenters. The summed E-state index contributed by atoms with van der Waals surface area (Å²) in [6.07, 6.45) is -0.0305. The molecule has 1 heterocycles. The molecule has 2 aromatic carbocycles. The quantitative estimate of drug-likeness (QED) is 0.365. The number of nitrogens with zero attached hydrogens (tertiary/aromatic N) is 2. The molecule has 0 radical (unpaired) electrons. The summed E-state index contributed by atoms with van der Waals surface area (Å²) >= 11 is 5.96. The highest BCUT2D eigenvalue weighted by Crippen LogP contribution is 2.22. The second-order valence-electron chi connectivity index (χ2n) is 8.08. The fourth-order valence-electron chi connectivity index (χ4n) is 3.55. The van der Waals surface area contributed by atoms with Crippen LogP contribution in [-0.4, -0.2) is 64.5 Å². The summed E-state index contributed by atoms with van der Waals surface area (Å²) in [6, 6.07) is 12.9. The van der Waals surface area contributed by atoms with E-state index in [2.05, 4.69) is 10.3 Å². The van der Waals surface area contributed by atoms with Gasteiger partial charge in [0.25, 0.3) is 0 Å². The van der Waals surface area contributed by atoms with E-state index < -0.39 is 30.7 Å². The summed E-state index contributed by atoms with van der Waals surface area (Å²) in [6.45, 7) is -0.732. The summed E-state index contributed by atoms with van der Waals surface area (Å²) in [5, 5.41) is 23.5. The van der Waals surface area contributed by atoms with Crippen LogP contribution in [0.25, 0.3) is 10.8 Å². The maximum Gasteiger partial charge on any atom is 0.412 e. The van der Waals surface area contributed by atoms with Crippen molar-refractivity contribution in [3.8, 4) is 0 Å². The highest BCUT2D eigenvalue weighted by molar-refractivity contribution is 6.31. The molecule has 0 spiro atoms. The molecule has 194 valence electrons. The van der Waals surface area contributed by atoms with Gasteiger partial charge in [-0.1, -0.05) is 55.4 Å². The predicted octanol–water partition coefficient (Wildman–Crippen LogP) is 4.42. The zero-order valence-electron chi connectivity index (χ0n) is 19.2. The molecule has 10 heteroatoms. The van der Waals surface area contributed by atoms with Crippen molar-refractivity contribution < 1.29 is 28.9 Å². The summed E-state index contributed by atoms with van der Waals surface area (Å²) in [4.78, 5) is 30.6. The van der Waals surface area contributed by atoms with Crippen molar-refractivity contribution in [1.82, 2.24) is 9.88 Å². The van der Waals surface area contributed by atoms with Crippen molar-refractivity contribution in [2.24, 2.45) is 0 Å².